The maximum atomic E-state index is 13.8. The molecule has 0 aromatic heterocycles. The van der Waals surface area contributed by atoms with E-state index in [1.807, 2.05) is 0 Å². The van der Waals surface area contributed by atoms with Crippen LogP contribution in [-0.4, -0.2) is 62.9 Å². The van der Waals surface area contributed by atoms with Gasteiger partial charge < -0.3 is 19.3 Å². The molecular formula is C33H28N2O10S2. The van der Waals surface area contributed by atoms with Crippen molar-refractivity contribution in [1.29, 1.82) is 0 Å². The first-order chi connectivity index (χ1) is 22.3. The smallest absolute Gasteiger partial charge is 0.339 e. The fraction of sp³-hybridized carbons (Fsp3) is 0.121. The van der Waals surface area contributed by atoms with E-state index in [2.05, 4.69) is 4.72 Å². The summed E-state index contributed by atoms with van der Waals surface area (Å²) in [5.41, 5.74) is -0.740. The molecule has 0 aliphatic rings. The van der Waals surface area contributed by atoms with E-state index in [1.54, 1.807) is 66.7 Å². The normalized spacial score (nSPS) is 12.4. The predicted octanol–water partition coefficient (Wildman–Crippen LogP) is 4.95. The van der Waals surface area contributed by atoms with Crippen molar-refractivity contribution in [2.75, 3.05) is 11.8 Å². The van der Waals surface area contributed by atoms with Crippen LogP contribution in [0.25, 0.3) is 21.5 Å². The van der Waals surface area contributed by atoms with Gasteiger partial charge in [-0.05, 0) is 47.5 Å². The molecule has 0 bridgehead atoms. The number of sulfonamides is 1. The zero-order valence-corrected chi connectivity index (χ0v) is 26.4. The van der Waals surface area contributed by atoms with Gasteiger partial charge in [-0.3, -0.25) is 14.3 Å². The second-order valence-corrected chi connectivity index (χ2v) is 13.7. The monoisotopic (exact) mass is 676 g/mol. The highest BCUT2D eigenvalue weighted by Gasteiger charge is 2.31. The van der Waals surface area contributed by atoms with Crippen LogP contribution in [0.5, 0.6) is 5.75 Å². The molecule has 0 unspecified atom stereocenters. The Bertz CT molecular complexity index is 2240. The molecule has 5 aromatic rings. The summed E-state index contributed by atoms with van der Waals surface area (Å²) in [6, 6.07) is 24.4. The van der Waals surface area contributed by atoms with Gasteiger partial charge in [0.1, 0.15) is 16.7 Å². The number of nitrogens with one attached hydrogen (secondary N) is 1. The number of fused-ring (bicyclic) bond motifs is 2. The number of carbonyl (C=O) groups excluding carboxylic acids is 1. The summed E-state index contributed by atoms with van der Waals surface area (Å²) in [4.78, 5) is 37.5. The van der Waals surface area contributed by atoms with Crippen molar-refractivity contribution in [2.45, 2.75) is 28.7 Å². The lowest BCUT2D eigenvalue weighted by atomic mass is 10.1. The van der Waals surface area contributed by atoms with E-state index in [0.29, 0.717) is 21.5 Å². The number of hydrogen-bond donors (Lipinski definition) is 3. The lowest BCUT2D eigenvalue weighted by molar-refractivity contribution is -0.143. The summed E-state index contributed by atoms with van der Waals surface area (Å²) in [5.74, 6) is -4.17. The third-order valence-electron chi connectivity index (χ3n) is 7.43. The van der Waals surface area contributed by atoms with E-state index < -0.39 is 62.4 Å². The molecule has 0 radical (unpaired) electrons. The van der Waals surface area contributed by atoms with Gasteiger partial charge in [0, 0.05) is 24.2 Å². The minimum absolute atomic E-state index is 0.105. The lowest BCUT2D eigenvalue weighted by Gasteiger charge is -2.26. The van der Waals surface area contributed by atoms with Gasteiger partial charge in [-0.2, -0.15) is 8.42 Å². The van der Waals surface area contributed by atoms with Crippen molar-refractivity contribution in [3.63, 3.8) is 0 Å². The molecular weight excluding hydrogens is 649 g/mol. The summed E-state index contributed by atoms with van der Waals surface area (Å²) >= 11 is 0. The Hall–Kier alpha value is -5.47. The molecule has 0 aliphatic carbocycles. The number of carboxylic acids is 2. The van der Waals surface area contributed by atoms with Gasteiger partial charge in [-0.25, -0.2) is 13.2 Å². The summed E-state index contributed by atoms with van der Waals surface area (Å²) in [6.45, 7) is 0. The summed E-state index contributed by atoms with van der Waals surface area (Å²) < 4.78 is 62.0. The van der Waals surface area contributed by atoms with Gasteiger partial charge in [0.2, 0.25) is 0 Å². The molecule has 0 saturated heterocycles. The number of rotatable bonds is 12. The van der Waals surface area contributed by atoms with Crippen molar-refractivity contribution in [3.8, 4) is 5.75 Å². The fourth-order valence-electron chi connectivity index (χ4n) is 5.13. The van der Waals surface area contributed by atoms with Crippen molar-refractivity contribution >= 4 is 65.2 Å². The van der Waals surface area contributed by atoms with E-state index in [1.165, 1.54) is 18.2 Å². The van der Waals surface area contributed by atoms with Crippen molar-refractivity contribution < 1.29 is 45.6 Å². The van der Waals surface area contributed by atoms with E-state index in [0.717, 1.165) is 30.1 Å². The lowest BCUT2D eigenvalue weighted by Crippen LogP contribution is -2.43. The molecule has 5 aromatic carbocycles. The topological polar surface area (TPSA) is 184 Å². The number of likely N-dealkylation sites (N-methyl/N-ethyl adjacent to an activating group) is 1. The van der Waals surface area contributed by atoms with Crippen LogP contribution in [0, 0.1) is 0 Å². The number of amides is 1. The average Bonchev–Trinajstić information content (AvgIpc) is 3.04. The van der Waals surface area contributed by atoms with Crippen LogP contribution >= 0.6 is 0 Å². The third kappa shape index (κ3) is 7.03. The van der Waals surface area contributed by atoms with Crippen molar-refractivity contribution in [1.82, 2.24) is 4.90 Å². The molecule has 3 N–H and O–H groups in total. The molecule has 5 rings (SSSR count). The number of benzene rings is 5. The minimum Gasteiger partial charge on any atom is -0.481 e. The molecule has 0 fully saturated rings. The van der Waals surface area contributed by atoms with E-state index in [-0.39, 0.29) is 21.2 Å². The number of carbonyl (C=O) groups is 3. The van der Waals surface area contributed by atoms with Crippen molar-refractivity contribution in [2.24, 2.45) is 0 Å². The summed E-state index contributed by atoms with van der Waals surface area (Å²) in [7, 11) is -7.74. The Labute approximate surface area is 270 Å². The van der Waals surface area contributed by atoms with Crippen LogP contribution in [0.3, 0.4) is 0 Å². The fourth-order valence-corrected chi connectivity index (χ4v) is 7.59. The molecule has 0 heterocycles. The van der Waals surface area contributed by atoms with Crippen LogP contribution in [0.2, 0.25) is 0 Å². The average molecular weight is 677 g/mol. The van der Waals surface area contributed by atoms with Crippen LogP contribution in [0.1, 0.15) is 23.2 Å². The molecule has 1 amide bonds. The first-order valence-corrected chi connectivity index (χ1v) is 17.0. The molecule has 0 aliphatic heterocycles. The molecule has 47 heavy (non-hydrogen) atoms. The van der Waals surface area contributed by atoms with Crippen LogP contribution in [-0.2, 0) is 29.7 Å². The van der Waals surface area contributed by atoms with Gasteiger partial charge >= 0.3 is 22.1 Å². The van der Waals surface area contributed by atoms with Gasteiger partial charge in [-0.1, -0.05) is 72.8 Å². The number of carboxylic acid groups (broad SMARTS) is 2. The number of nitrogens with zero attached hydrogens (tertiary/aromatic N) is 1. The Balaban J connectivity index is 1.58. The van der Waals surface area contributed by atoms with Crippen molar-refractivity contribution in [3.05, 3.63) is 109 Å². The second kappa shape index (κ2) is 13.1. The second-order valence-electron chi connectivity index (χ2n) is 10.5. The maximum absolute atomic E-state index is 13.8. The number of hydrogen-bond acceptors (Lipinski definition) is 8. The highest BCUT2D eigenvalue weighted by Crippen LogP contribution is 2.32. The Kier molecular flexibility index (Phi) is 9.17. The molecule has 0 saturated carbocycles. The Morgan fingerprint density at radius 1 is 0.766 bits per heavy atom. The van der Waals surface area contributed by atoms with Gasteiger partial charge in [0.05, 0.1) is 16.1 Å². The van der Waals surface area contributed by atoms with Crippen LogP contribution < -0.4 is 8.91 Å². The number of aliphatic carboxylic acids is 2. The minimum atomic E-state index is -4.49. The van der Waals surface area contributed by atoms with Gasteiger partial charge in [-0.15, -0.1) is 0 Å². The Morgan fingerprint density at radius 2 is 1.32 bits per heavy atom. The summed E-state index contributed by atoms with van der Waals surface area (Å²) in [6.07, 6.45) is -1.02. The highest BCUT2D eigenvalue weighted by atomic mass is 32.2. The largest absolute Gasteiger partial charge is 0.481 e. The first-order valence-electron chi connectivity index (χ1n) is 14.1. The predicted molar refractivity (Wildman–Crippen MR) is 173 cm³/mol. The quantitative estimate of drug-likeness (QED) is 0.153. The first kappa shape index (κ1) is 32.9. The van der Waals surface area contributed by atoms with E-state index in [9.17, 15) is 36.3 Å². The number of anilines is 1. The molecule has 14 heteroatoms. The molecule has 242 valence electrons. The van der Waals surface area contributed by atoms with Gasteiger partial charge in [0.25, 0.3) is 15.9 Å². The summed E-state index contributed by atoms with van der Waals surface area (Å²) in [5, 5.41) is 20.9. The van der Waals surface area contributed by atoms with E-state index in [4.69, 9.17) is 9.29 Å². The zero-order chi connectivity index (χ0) is 33.9. The maximum Gasteiger partial charge on any atom is 0.339 e. The van der Waals surface area contributed by atoms with E-state index >= 15 is 0 Å². The Morgan fingerprint density at radius 3 is 1.91 bits per heavy atom. The zero-order valence-electron chi connectivity index (χ0n) is 24.7. The molecule has 0 spiro atoms. The standard InChI is InChI=1S/C33H28N2O10S2/c1-35(28(33(39)40)18-19-31(36)37)32(38)26-20-23(45-47(43,44)30-15-7-11-22-9-3-5-13-25(22)30)16-17-27(26)34-46(41,42)29-14-6-10-21-8-2-4-12-24(21)29/h2-17,20,28,34H,18-19H2,1H3,(H,36,37)(H,39,40)/t28-/m0/s1. The van der Waals surface area contributed by atoms with Gasteiger partial charge in [0.15, 0.2) is 0 Å². The van der Waals surface area contributed by atoms with Crippen LogP contribution in [0.15, 0.2) is 113 Å². The molecule has 1 atom stereocenters. The SMILES string of the molecule is CN(C(=O)c1cc(OS(=O)(=O)c2cccc3ccccc23)ccc1NS(=O)(=O)c1cccc2ccccc12)[C@@H](CCC(=O)O)C(=O)O. The highest BCUT2D eigenvalue weighted by molar-refractivity contribution is 7.93. The van der Waals surface area contributed by atoms with Crippen LogP contribution in [0.4, 0.5) is 5.69 Å². The molecule has 12 nitrogen and oxygen atoms in total. The third-order valence-corrected chi connectivity index (χ3v) is 10.2.